The van der Waals surface area contributed by atoms with E-state index < -0.39 is 6.04 Å². The Morgan fingerprint density at radius 1 is 1.00 bits per heavy atom. The van der Waals surface area contributed by atoms with Crippen LogP contribution in [0.15, 0.2) is 76.5 Å². The van der Waals surface area contributed by atoms with Gasteiger partial charge in [-0.3, -0.25) is 4.98 Å². The van der Waals surface area contributed by atoms with E-state index in [9.17, 15) is 4.91 Å². The standard InChI is InChI=1S/C27H26N4O2/c1-17-5-3-4-6-23(17)24(16-25(31-32)22-13-14-28-18(2)15-22)19-7-9-20(10-8-19)26-29-30-27(33-26)21-11-12-21/h3-10,13-15,21,24-25H,11-12,16H2,1-2H3. The Kier molecular flexibility index (Phi) is 5.82. The molecule has 33 heavy (non-hydrogen) atoms. The molecule has 166 valence electrons. The van der Waals surface area contributed by atoms with Gasteiger partial charge in [-0.15, -0.1) is 10.2 Å². The van der Waals surface area contributed by atoms with Crippen LogP contribution < -0.4 is 0 Å². The molecule has 0 radical (unpaired) electrons. The van der Waals surface area contributed by atoms with Gasteiger partial charge in [-0.1, -0.05) is 41.6 Å². The lowest BCUT2D eigenvalue weighted by molar-refractivity contribution is 0.508. The monoisotopic (exact) mass is 438 g/mol. The first-order valence-corrected chi connectivity index (χ1v) is 11.4. The number of benzene rings is 2. The van der Waals surface area contributed by atoms with Crippen LogP contribution in [-0.2, 0) is 0 Å². The summed E-state index contributed by atoms with van der Waals surface area (Å²) in [6.45, 7) is 4.03. The van der Waals surface area contributed by atoms with Crippen molar-refractivity contribution in [3.63, 3.8) is 0 Å². The molecule has 6 heteroatoms. The first kappa shape index (κ1) is 21.2. The van der Waals surface area contributed by atoms with Gasteiger partial charge in [0, 0.05) is 29.3 Å². The summed E-state index contributed by atoms with van der Waals surface area (Å²) in [5.41, 5.74) is 6.17. The molecule has 2 unspecified atom stereocenters. The van der Waals surface area contributed by atoms with Crippen LogP contribution in [0.4, 0.5) is 0 Å². The van der Waals surface area contributed by atoms with E-state index in [1.165, 1.54) is 11.1 Å². The summed E-state index contributed by atoms with van der Waals surface area (Å²) >= 11 is 0. The van der Waals surface area contributed by atoms with Crippen LogP contribution in [0.2, 0.25) is 0 Å². The van der Waals surface area contributed by atoms with Crippen molar-refractivity contribution in [2.75, 3.05) is 0 Å². The Hall–Kier alpha value is -3.67. The maximum absolute atomic E-state index is 11.9. The van der Waals surface area contributed by atoms with Gasteiger partial charge in [0.1, 0.15) is 6.04 Å². The van der Waals surface area contributed by atoms with Gasteiger partial charge in [0.05, 0.1) is 0 Å². The predicted molar refractivity (Wildman–Crippen MR) is 127 cm³/mol. The predicted octanol–water partition coefficient (Wildman–Crippen LogP) is 6.66. The maximum Gasteiger partial charge on any atom is 0.247 e. The van der Waals surface area contributed by atoms with E-state index in [4.69, 9.17) is 4.42 Å². The van der Waals surface area contributed by atoms with Crippen molar-refractivity contribution < 1.29 is 4.42 Å². The molecule has 0 bridgehead atoms. The van der Waals surface area contributed by atoms with E-state index in [2.05, 4.69) is 51.5 Å². The Morgan fingerprint density at radius 2 is 1.79 bits per heavy atom. The van der Waals surface area contributed by atoms with Crippen LogP contribution in [0.1, 0.15) is 71.0 Å². The third kappa shape index (κ3) is 4.60. The summed E-state index contributed by atoms with van der Waals surface area (Å²) in [7, 11) is 0. The molecule has 0 aliphatic heterocycles. The first-order valence-electron chi connectivity index (χ1n) is 11.4. The smallest absolute Gasteiger partial charge is 0.247 e. The third-order valence-corrected chi connectivity index (χ3v) is 6.38. The Balaban J connectivity index is 1.47. The second-order valence-corrected chi connectivity index (χ2v) is 8.84. The van der Waals surface area contributed by atoms with Crippen LogP contribution in [0.3, 0.4) is 0 Å². The molecular formula is C27H26N4O2. The molecule has 0 N–H and O–H groups in total. The highest BCUT2D eigenvalue weighted by Gasteiger charge is 2.29. The fraction of sp³-hybridized carbons (Fsp3) is 0.296. The van der Waals surface area contributed by atoms with E-state index >= 15 is 0 Å². The average molecular weight is 439 g/mol. The molecule has 2 aromatic carbocycles. The van der Waals surface area contributed by atoms with Crippen molar-refractivity contribution in [2.45, 2.75) is 51.0 Å². The molecule has 6 nitrogen and oxygen atoms in total. The molecule has 0 amide bonds. The number of hydrogen-bond donors (Lipinski definition) is 0. The Morgan fingerprint density at radius 3 is 2.48 bits per heavy atom. The fourth-order valence-electron chi connectivity index (χ4n) is 4.36. The zero-order valence-electron chi connectivity index (χ0n) is 18.8. The number of aromatic nitrogens is 3. The minimum Gasteiger partial charge on any atom is -0.420 e. The average Bonchev–Trinajstić information content (AvgIpc) is 3.57. The van der Waals surface area contributed by atoms with Crippen molar-refractivity contribution in [2.24, 2.45) is 5.18 Å². The van der Waals surface area contributed by atoms with Gasteiger partial charge in [-0.2, -0.15) is 4.91 Å². The van der Waals surface area contributed by atoms with Gasteiger partial charge in [-0.25, -0.2) is 0 Å². The van der Waals surface area contributed by atoms with Crippen LogP contribution in [0, 0.1) is 18.8 Å². The second-order valence-electron chi connectivity index (χ2n) is 8.84. The van der Waals surface area contributed by atoms with Crippen molar-refractivity contribution >= 4 is 0 Å². The third-order valence-electron chi connectivity index (χ3n) is 6.38. The molecule has 2 aromatic heterocycles. The molecule has 1 aliphatic rings. The minimum atomic E-state index is -0.465. The summed E-state index contributed by atoms with van der Waals surface area (Å²) in [5.74, 6) is 1.73. The second kappa shape index (κ2) is 9.06. The van der Waals surface area contributed by atoms with Crippen molar-refractivity contribution in [1.29, 1.82) is 0 Å². The molecule has 0 spiro atoms. The van der Waals surface area contributed by atoms with Crippen LogP contribution in [0.5, 0.6) is 0 Å². The maximum atomic E-state index is 11.9. The van der Waals surface area contributed by atoms with E-state index in [1.54, 1.807) is 6.20 Å². The zero-order valence-corrected chi connectivity index (χ0v) is 18.8. The molecule has 4 aromatic rings. The molecule has 1 fully saturated rings. The highest BCUT2D eigenvalue weighted by molar-refractivity contribution is 5.54. The lowest BCUT2D eigenvalue weighted by Crippen LogP contribution is -2.09. The van der Waals surface area contributed by atoms with Gasteiger partial charge < -0.3 is 4.42 Å². The summed E-state index contributed by atoms with van der Waals surface area (Å²) in [6.07, 6.45) is 4.56. The molecular weight excluding hydrogens is 412 g/mol. The molecule has 2 atom stereocenters. The topological polar surface area (TPSA) is 81.2 Å². The molecule has 0 saturated heterocycles. The van der Waals surface area contributed by atoms with Crippen molar-refractivity contribution in [3.05, 3.63) is 106 Å². The number of rotatable bonds is 8. The molecule has 1 saturated carbocycles. The van der Waals surface area contributed by atoms with Crippen LogP contribution in [0.25, 0.3) is 11.5 Å². The Bertz CT molecular complexity index is 1260. The van der Waals surface area contributed by atoms with Crippen molar-refractivity contribution in [3.8, 4) is 11.5 Å². The SMILES string of the molecule is Cc1cc(C(CC(c2ccc(-c3nnc(C4CC4)o3)cc2)c2ccccc2C)N=O)ccn1. The van der Waals surface area contributed by atoms with Gasteiger partial charge in [0.25, 0.3) is 0 Å². The quantitative estimate of drug-likeness (QED) is 0.287. The van der Waals surface area contributed by atoms with Gasteiger partial charge in [-0.05, 0) is 79.6 Å². The molecule has 1 aliphatic carbocycles. The highest BCUT2D eigenvalue weighted by atomic mass is 16.4. The molecule has 2 heterocycles. The van der Waals surface area contributed by atoms with E-state index in [0.717, 1.165) is 41.1 Å². The summed E-state index contributed by atoms with van der Waals surface area (Å²) in [6, 6.07) is 19.9. The number of nitrogens with zero attached hydrogens (tertiary/aromatic N) is 4. The van der Waals surface area contributed by atoms with Gasteiger partial charge in [0.2, 0.25) is 11.8 Å². The fourth-order valence-corrected chi connectivity index (χ4v) is 4.36. The largest absolute Gasteiger partial charge is 0.420 e. The van der Waals surface area contributed by atoms with Gasteiger partial charge in [0.15, 0.2) is 0 Å². The first-order chi connectivity index (χ1) is 16.1. The van der Waals surface area contributed by atoms with E-state index in [0.29, 0.717) is 18.2 Å². The van der Waals surface area contributed by atoms with Gasteiger partial charge >= 0.3 is 0 Å². The van der Waals surface area contributed by atoms with Crippen molar-refractivity contribution in [1.82, 2.24) is 15.2 Å². The lowest BCUT2D eigenvalue weighted by atomic mass is 9.82. The van der Waals surface area contributed by atoms with Crippen LogP contribution in [-0.4, -0.2) is 15.2 Å². The summed E-state index contributed by atoms with van der Waals surface area (Å²) < 4.78 is 5.86. The zero-order chi connectivity index (χ0) is 22.8. The van der Waals surface area contributed by atoms with E-state index in [1.807, 2.05) is 43.3 Å². The van der Waals surface area contributed by atoms with Crippen LogP contribution >= 0.6 is 0 Å². The number of hydrogen-bond acceptors (Lipinski definition) is 6. The summed E-state index contributed by atoms with van der Waals surface area (Å²) in [4.78, 5) is 16.2. The minimum absolute atomic E-state index is 0.0149. The number of pyridine rings is 1. The highest BCUT2D eigenvalue weighted by Crippen LogP contribution is 2.40. The normalized spacial score (nSPS) is 15.2. The summed E-state index contributed by atoms with van der Waals surface area (Å²) in [5, 5.41) is 11.9. The van der Waals surface area contributed by atoms with E-state index in [-0.39, 0.29) is 5.92 Å². The Labute approximate surface area is 193 Å². The lowest BCUT2D eigenvalue weighted by Gasteiger charge is -2.23. The molecule has 5 rings (SSSR count). The number of nitroso groups, excluding NO2 is 1. The number of aryl methyl sites for hydroxylation is 2.